The zero-order chi connectivity index (χ0) is 18.3. The van der Waals surface area contributed by atoms with Crippen molar-refractivity contribution in [1.82, 2.24) is 4.90 Å². The Balaban J connectivity index is 1.95. The summed E-state index contributed by atoms with van der Waals surface area (Å²) in [6, 6.07) is 3.16. The molecule has 1 aliphatic rings. The van der Waals surface area contributed by atoms with Crippen LogP contribution < -0.4 is 0 Å². The second-order valence-electron chi connectivity index (χ2n) is 5.32. The highest BCUT2D eigenvalue weighted by atomic mass is 32.2. The lowest BCUT2D eigenvalue weighted by Crippen LogP contribution is -2.28. The summed E-state index contributed by atoms with van der Waals surface area (Å²) >= 11 is 0.957. The molecule has 2 aromatic carbocycles. The molecule has 0 bridgehead atoms. The lowest BCUT2D eigenvalue weighted by Gasteiger charge is -2.25. The van der Waals surface area contributed by atoms with E-state index in [0.29, 0.717) is 12.1 Å². The van der Waals surface area contributed by atoms with Crippen LogP contribution in [0.5, 0.6) is 0 Å². The number of benzene rings is 2. The topological polar surface area (TPSA) is 20.3 Å². The van der Waals surface area contributed by atoms with Gasteiger partial charge in [0.05, 0.1) is 5.75 Å². The van der Waals surface area contributed by atoms with Gasteiger partial charge in [-0.25, -0.2) is 26.3 Å². The Hall–Kier alpha value is -2.16. The van der Waals surface area contributed by atoms with Crippen LogP contribution in [-0.2, 0) is 11.3 Å². The Morgan fingerprint density at radius 1 is 0.920 bits per heavy atom. The predicted octanol–water partition coefficient (Wildman–Crippen LogP) is 4.30. The number of hydrogen-bond donors (Lipinski definition) is 0. The SMILES string of the molecule is O=C1CSC(c2ccc(F)c(F)c2F)N1Cc1cc(F)c(F)c(F)c1. The molecule has 3 rings (SSSR count). The van der Waals surface area contributed by atoms with Crippen LogP contribution in [0, 0.1) is 34.9 Å². The summed E-state index contributed by atoms with van der Waals surface area (Å²) in [5.74, 6) is -9.53. The molecule has 0 saturated carbocycles. The molecule has 0 radical (unpaired) electrons. The number of amides is 1. The molecule has 9 heteroatoms. The van der Waals surface area contributed by atoms with Gasteiger partial charge in [0, 0.05) is 12.1 Å². The van der Waals surface area contributed by atoms with Crippen molar-refractivity contribution in [2.45, 2.75) is 11.9 Å². The average Bonchev–Trinajstić information content (AvgIpc) is 2.91. The zero-order valence-corrected chi connectivity index (χ0v) is 13.1. The number of carbonyl (C=O) groups excluding carboxylic acids is 1. The van der Waals surface area contributed by atoms with Crippen molar-refractivity contribution in [3.05, 3.63) is 70.3 Å². The lowest BCUT2D eigenvalue weighted by atomic mass is 10.1. The van der Waals surface area contributed by atoms with Gasteiger partial charge >= 0.3 is 0 Å². The van der Waals surface area contributed by atoms with Crippen molar-refractivity contribution < 1.29 is 31.1 Å². The predicted molar refractivity (Wildman–Crippen MR) is 78.4 cm³/mol. The molecule has 2 nitrogen and oxygen atoms in total. The Kier molecular flexibility index (Phi) is 4.68. The van der Waals surface area contributed by atoms with Crippen LogP contribution in [0.1, 0.15) is 16.5 Å². The Bertz CT molecular complexity index is 836. The normalized spacial score (nSPS) is 17.4. The highest BCUT2D eigenvalue weighted by molar-refractivity contribution is 8.00. The quantitative estimate of drug-likeness (QED) is 0.587. The second kappa shape index (κ2) is 6.62. The van der Waals surface area contributed by atoms with Gasteiger partial charge < -0.3 is 4.90 Å². The van der Waals surface area contributed by atoms with Crippen molar-refractivity contribution in [3.8, 4) is 0 Å². The number of rotatable bonds is 3. The Labute approximate surface area is 142 Å². The van der Waals surface area contributed by atoms with Gasteiger partial charge in [-0.15, -0.1) is 11.8 Å². The van der Waals surface area contributed by atoms with Crippen molar-refractivity contribution in [2.24, 2.45) is 0 Å². The van der Waals surface area contributed by atoms with Gasteiger partial charge in [-0.3, -0.25) is 4.79 Å². The first-order valence-corrected chi connectivity index (χ1v) is 8.02. The summed E-state index contributed by atoms with van der Waals surface area (Å²) in [5, 5.41) is -1.00. The maximum absolute atomic E-state index is 14.0. The minimum Gasteiger partial charge on any atom is -0.321 e. The van der Waals surface area contributed by atoms with Gasteiger partial charge in [-0.05, 0) is 23.8 Å². The highest BCUT2D eigenvalue weighted by Gasteiger charge is 2.35. The third kappa shape index (κ3) is 3.20. The molecule has 1 fully saturated rings. The van der Waals surface area contributed by atoms with Gasteiger partial charge in [0.25, 0.3) is 0 Å². The molecule has 0 aromatic heterocycles. The van der Waals surface area contributed by atoms with Crippen LogP contribution in [0.2, 0.25) is 0 Å². The third-order valence-electron chi connectivity index (χ3n) is 3.70. The van der Waals surface area contributed by atoms with Gasteiger partial charge in [-0.2, -0.15) is 0 Å². The van der Waals surface area contributed by atoms with E-state index in [-0.39, 0.29) is 23.4 Å². The molecule has 1 aliphatic heterocycles. The van der Waals surface area contributed by atoms with Crippen LogP contribution in [-0.4, -0.2) is 16.6 Å². The van der Waals surface area contributed by atoms with Crippen LogP contribution in [0.25, 0.3) is 0 Å². The summed E-state index contributed by atoms with van der Waals surface area (Å²) in [7, 11) is 0. The number of halogens is 6. The van der Waals surface area contributed by atoms with Crippen LogP contribution in [0.4, 0.5) is 26.3 Å². The Morgan fingerprint density at radius 2 is 1.56 bits per heavy atom. The highest BCUT2D eigenvalue weighted by Crippen LogP contribution is 2.41. The monoisotopic (exact) mass is 377 g/mol. The van der Waals surface area contributed by atoms with Crippen LogP contribution in [0.3, 0.4) is 0 Å². The van der Waals surface area contributed by atoms with E-state index in [0.717, 1.165) is 28.8 Å². The standard InChI is InChI=1S/C16H9F6NOS/c17-9-2-1-8(13(20)15(9)22)16-23(12(24)6-25-16)5-7-3-10(18)14(21)11(19)4-7/h1-4,16H,5-6H2. The van der Waals surface area contributed by atoms with Crippen molar-refractivity contribution in [1.29, 1.82) is 0 Å². The molecular weight excluding hydrogens is 368 g/mol. The van der Waals surface area contributed by atoms with E-state index in [4.69, 9.17) is 0 Å². The molecular formula is C16H9F6NOS. The fraction of sp³-hybridized carbons (Fsp3) is 0.188. The fourth-order valence-corrected chi connectivity index (χ4v) is 3.71. The molecule has 25 heavy (non-hydrogen) atoms. The lowest BCUT2D eigenvalue weighted by molar-refractivity contribution is -0.128. The van der Waals surface area contributed by atoms with Gasteiger partial charge in [0.1, 0.15) is 5.37 Å². The van der Waals surface area contributed by atoms with Crippen molar-refractivity contribution >= 4 is 17.7 Å². The average molecular weight is 377 g/mol. The largest absolute Gasteiger partial charge is 0.321 e. The van der Waals surface area contributed by atoms with Crippen LogP contribution in [0.15, 0.2) is 24.3 Å². The summed E-state index contributed by atoms with van der Waals surface area (Å²) < 4.78 is 80.2. The zero-order valence-electron chi connectivity index (χ0n) is 12.3. The van der Waals surface area contributed by atoms with Gasteiger partial charge in [-0.1, -0.05) is 6.07 Å². The molecule has 1 atom stereocenters. The van der Waals surface area contributed by atoms with E-state index in [1.807, 2.05) is 0 Å². The molecule has 132 valence electrons. The van der Waals surface area contributed by atoms with E-state index in [2.05, 4.69) is 0 Å². The molecule has 0 aliphatic carbocycles. The number of carbonyl (C=O) groups is 1. The first-order valence-electron chi connectivity index (χ1n) is 6.97. The molecule has 0 N–H and O–H groups in total. The smallest absolute Gasteiger partial charge is 0.234 e. The first-order chi connectivity index (χ1) is 11.8. The molecule has 1 saturated heterocycles. The van der Waals surface area contributed by atoms with E-state index in [1.165, 1.54) is 0 Å². The van der Waals surface area contributed by atoms with Crippen LogP contribution >= 0.6 is 11.8 Å². The van der Waals surface area contributed by atoms with E-state index in [9.17, 15) is 31.1 Å². The minimum atomic E-state index is -1.67. The summed E-state index contributed by atoms with van der Waals surface area (Å²) in [5.41, 5.74) is -0.321. The number of hydrogen-bond acceptors (Lipinski definition) is 2. The molecule has 1 heterocycles. The van der Waals surface area contributed by atoms with Crippen molar-refractivity contribution in [2.75, 3.05) is 5.75 Å². The number of nitrogens with zero attached hydrogens (tertiary/aromatic N) is 1. The Morgan fingerprint density at radius 3 is 2.20 bits per heavy atom. The fourth-order valence-electron chi connectivity index (χ4n) is 2.51. The third-order valence-corrected chi connectivity index (χ3v) is 4.93. The second-order valence-corrected chi connectivity index (χ2v) is 6.39. The van der Waals surface area contributed by atoms with Gasteiger partial charge in [0.2, 0.25) is 5.91 Å². The molecule has 0 spiro atoms. The van der Waals surface area contributed by atoms with E-state index < -0.39 is 46.2 Å². The molecule has 2 aromatic rings. The summed E-state index contributed by atoms with van der Waals surface area (Å²) in [6.45, 7) is -0.344. The maximum Gasteiger partial charge on any atom is 0.234 e. The van der Waals surface area contributed by atoms with Crippen molar-refractivity contribution in [3.63, 3.8) is 0 Å². The van der Waals surface area contributed by atoms with E-state index in [1.54, 1.807) is 0 Å². The number of thioether (sulfide) groups is 1. The van der Waals surface area contributed by atoms with Gasteiger partial charge in [0.15, 0.2) is 34.9 Å². The summed E-state index contributed by atoms with van der Waals surface area (Å²) in [4.78, 5) is 13.1. The first kappa shape index (κ1) is 17.7. The molecule has 1 amide bonds. The summed E-state index contributed by atoms with van der Waals surface area (Å²) in [6.07, 6.45) is 0. The minimum absolute atomic E-state index is 0.0553. The van der Waals surface area contributed by atoms with E-state index >= 15 is 0 Å². The maximum atomic E-state index is 14.0. The molecule has 1 unspecified atom stereocenters.